The topological polar surface area (TPSA) is 79.7 Å². The molecule has 178 valence electrons. The number of ether oxygens (including phenoxy) is 1. The quantitative estimate of drug-likeness (QED) is 0.177. The number of aromatic nitrogens is 1. The predicted octanol–water partition coefficient (Wildman–Crippen LogP) is 6.26. The van der Waals surface area contributed by atoms with Crippen LogP contribution in [0.3, 0.4) is 0 Å². The molecule has 1 aromatic heterocycles. The summed E-state index contributed by atoms with van der Waals surface area (Å²) in [5, 5.41) is 11.2. The van der Waals surface area contributed by atoms with Crippen molar-refractivity contribution in [2.24, 2.45) is 0 Å². The summed E-state index contributed by atoms with van der Waals surface area (Å²) in [4.78, 5) is 32.0. The van der Waals surface area contributed by atoms with Crippen LogP contribution in [0.1, 0.15) is 22.7 Å². The number of hydrogen-bond acceptors (Lipinski definition) is 5. The van der Waals surface area contributed by atoms with Gasteiger partial charge in [0, 0.05) is 29.0 Å². The smallest absolute Gasteiger partial charge is 0.295 e. The number of benzene rings is 3. The van der Waals surface area contributed by atoms with Crippen molar-refractivity contribution >= 4 is 33.4 Å². The van der Waals surface area contributed by atoms with Crippen LogP contribution >= 0.6 is 15.9 Å². The molecule has 2 heterocycles. The van der Waals surface area contributed by atoms with E-state index in [1.807, 2.05) is 36.4 Å². The number of nitrogens with zero attached hydrogens (tertiary/aromatic N) is 2. The van der Waals surface area contributed by atoms with Crippen LogP contribution < -0.4 is 4.74 Å². The molecule has 1 N–H and O–H groups in total. The third kappa shape index (κ3) is 4.78. The minimum absolute atomic E-state index is 0.0354. The van der Waals surface area contributed by atoms with E-state index in [4.69, 9.17) is 4.74 Å². The number of aliphatic hydroxyl groups is 1. The first-order valence-corrected chi connectivity index (χ1v) is 12.1. The molecule has 36 heavy (non-hydrogen) atoms. The lowest BCUT2D eigenvalue weighted by Crippen LogP contribution is -2.29. The molecule has 0 bridgehead atoms. The molecule has 7 heteroatoms. The van der Waals surface area contributed by atoms with Gasteiger partial charge in [0.1, 0.15) is 17.3 Å². The predicted molar refractivity (Wildman–Crippen MR) is 139 cm³/mol. The van der Waals surface area contributed by atoms with Gasteiger partial charge >= 0.3 is 0 Å². The first kappa shape index (κ1) is 23.5. The van der Waals surface area contributed by atoms with Crippen molar-refractivity contribution in [3.63, 3.8) is 0 Å². The number of carbonyl (C=O) groups excluding carboxylic acids is 2. The Kier molecular flexibility index (Phi) is 6.64. The molecule has 1 atom stereocenters. The number of likely N-dealkylation sites (tertiary alicyclic amines) is 1. The molecule has 1 saturated heterocycles. The highest BCUT2D eigenvalue weighted by Crippen LogP contribution is 2.41. The Morgan fingerprint density at radius 2 is 1.58 bits per heavy atom. The minimum Gasteiger partial charge on any atom is -0.507 e. The van der Waals surface area contributed by atoms with Gasteiger partial charge in [0.15, 0.2) is 0 Å². The summed E-state index contributed by atoms with van der Waals surface area (Å²) in [7, 11) is 0. The van der Waals surface area contributed by atoms with E-state index < -0.39 is 17.7 Å². The molecule has 0 radical (unpaired) electrons. The summed E-state index contributed by atoms with van der Waals surface area (Å²) >= 11 is 3.38. The van der Waals surface area contributed by atoms with E-state index in [0.29, 0.717) is 22.6 Å². The molecule has 1 unspecified atom stereocenters. The van der Waals surface area contributed by atoms with Crippen LogP contribution in [0.15, 0.2) is 113 Å². The van der Waals surface area contributed by atoms with E-state index in [1.165, 1.54) is 4.90 Å². The zero-order valence-corrected chi connectivity index (χ0v) is 20.6. The lowest BCUT2D eigenvalue weighted by Gasteiger charge is -2.25. The fourth-order valence-corrected chi connectivity index (χ4v) is 4.47. The molecule has 6 nitrogen and oxygen atoms in total. The van der Waals surface area contributed by atoms with E-state index in [-0.39, 0.29) is 17.9 Å². The van der Waals surface area contributed by atoms with E-state index in [9.17, 15) is 14.7 Å². The van der Waals surface area contributed by atoms with Gasteiger partial charge < -0.3 is 14.7 Å². The number of Topliss-reactive ketones (excluding diaryl/α,β-unsaturated/α-hetero) is 1. The summed E-state index contributed by atoms with van der Waals surface area (Å²) in [6.07, 6.45) is 3.27. The normalized spacial score (nSPS) is 16.8. The lowest BCUT2D eigenvalue weighted by molar-refractivity contribution is -0.140. The molecule has 0 spiro atoms. The van der Waals surface area contributed by atoms with Gasteiger partial charge in [-0.15, -0.1) is 0 Å². The van der Waals surface area contributed by atoms with E-state index >= 15 is 0 Å². The lowest BCUT2D eigenvalue weighted by atomic mass is 9.95. The summed E-state index contributed by atoms with van der Waals surface area (Å²) < 4.78 is 6.83. The van der Waals surface area contributed by atoms with Crippen molar-refractivity contribution in [2.45, 2.75) is 12.6 Å². The number of para-hydroxylation sites is 1. The maximum absolute atomic E-state index is 13.3. The summed E-state index contributed by atoms with van der Waals surface area (Å²) in [5.74, 6) is -0.418. The summed E-state index contributed by atoms with van der Waals surface area (Å²) in [6.45, 7) is 0.179. The molecule has 1 aliphatic heterocycles. The second kappa shape index (κ2) is 10.2. The van der Waals surface area contributed by atoms with Crippen molar-refractivity contribution < 1.29 is 19.4 Å². The highest BCUT2D eigenvalue weighted by atomic mass is 79.9. The minimum atomic E-state index is -0.805. The second-order valence-electron chi connectivity index (χ2n) is 8.28. The number of aliphatic hydroxyl groups excluding tert-OH is 1. The van der Waals surface area contributed by atoms with Crippen molar-refractivity contribution in [3.8, 4) is 11.5 Å². The van der Waals surface area contributed by atoms with Crippen LogP contribution in [0.4, 0.5) is 0 Å². The van der Waals surface area contributed by atoms with Crippen molar-refractivity contribution in [3.05, 3.63) is 130 Å². The Balaban J connectivity index is 1.61. The van der Waals surface area contributed by atoms with Crippen LogP contribution in [0.25, 0.3) is 5.76 Å². The van der Waals surface area contributed by atoms with E-state index in [0.717, 1.165) is 10.0 Å². The van der Waals surface area contributed by atoms with E-state index in [1.54, 1.807) is 67.0 Å². The Morgan fingerprint density at radius 3 is 2.31 bits per heavy atom. The Hall–Kier alpha value is -4.23. The molecule has 0 aliphatic carbocycles. The van der Waals surface area contributed by atoms with Crippen molar-refractivity contribution in [1.82, 2.24) is 9.88 Å². The Labute approximate surface area is 216 Å². The Morgan fingerprint density at radius 1 is 0.889 bits per heavy atom. The molecule has 0 saturated carbocycles. The van der Waals surface area contributed by atoms with Gasteiger partial charge in [-0.1, -0.05) is 58.4 Å². The van der Waals surface area contributed by atoms with Gasteiger partial charge in [0.2, 0.25) is 0 Å². The summed E-state index contributed by atoms with van der Waals surface area (Å²) in [6, 6.07) is 26.3. The standard InChI is InChI=1S/C29H21BrN2O4/c30-22-11-9-20(10-12-22)27(33)25-26(32(29(35)28(25)34)18-19-13-15-31-16-14-19)21-5-4-8-24(17-21)36-23-6-2-1-3-7-23/h1-17,26,33H,18H2/b27-25-. The molecular weight excluding hydrogens is 520 g/mol. The molecular formula is C29H21BrN2O4. The van der Waals surface area contributed by atoms with Crippen LogP contribution in [-0.2, 0) is 16.1 Å². The third-order valence-electron chi connectivity index (χ3n) is 5.91. The van der Waals surface area contributed by atoms with Gasteiger partial charge in [0.25, 0.3) is 11.7 Å². The highest BCUT2D eigenvalue weighted by molar-refractivity contribution is 9.10. The van der Waals surface area contributed by atoms with Gasteiger partial charge in [-0.05, 0) is 59.7 Å². The van der Waals surface area contributed by atoms with Gasteiger partial charge in [0.05, 0.1) is 11.6 Å². The van der Waals surface area contributed by atoms with Crippen LogP contribution in [0, 0.1) is 0 Å². The van der Waals surface area contributed by atoms with Crippen molar-refractivity contribution in [1.29, 1.82) is 0 Å². The number of pyridine rings is 1. The molecule has 1 fully saturated rings. The van der Waals surface area contributed by atoms with Crippen LogP contribution in [0.5, 0.6) is 11.5 Å². The third-order valence-corrected chi connectivity index (χ3v) is 6.44. The number of rotatable bonds is 6. The zero-order valence-electron chi connectivity index (χ0n) is 19.0. The number of carbonyl (C=O) groups is 2. The maximum Gasteiger partial charge on any atom is 0.295 e. The molecule has 1 aliphatic rings. The van der Waals surface area contributed by atoms with Gasteiger partial charge in [-0.2, -0.15) is 0 Å². The van der Waals surface area contributed by atoms with Gasteiger partial charge in [-0.3, -0.25) is 14.6 Å². The zero-order chi connectivity index (χ0) is 25.1. The fourth-order valence-electron chi connectivity index (χ4n) is 4.21. The molecule has 1 amide bonds. The number of hydrogen-bond donors (Lipinski definition) is 1. The van der Waals surface area contributed by atoms with E-state index in [2.05, 4.69) is 20.9 Å². The fraction of sp³-hybridized carbons (Fsp3) is 0.0690. The molecule has 3 aromatic carbocycles. The molecule has 4 aromatic rings. The van der Waals surface area contributed by atoms with Crippen molar-refractivity contribution in [2.75, 3.05) is 0 Å². The second-order valence-corrected chi connectivity index (χ2v) is 9.19. The summed E-state index contributed by atoms with van der Waals surface area (Å²) in [5.41, 5.74) is 1.95. The van der Waals surface area contributed by atoms with Crippen LogP contribution in [-0.4, -0.2) is 26.7 Å². The number of halogens is 1. The average molecular weight is 541 g/mol. The number of amides is 1. The van der Waals surface area contributed by atoms with Crippen LogP contribution in [0.2, 0.25) is 0 Å². The molecule has 5 rings (SSSR count). The maximum atomic E-state index is 13.3. The largest absolute Gasteiger partial charge is 0.507 e. The SMILES string of the molecule is O=C1C(=O)N(Cc2ccncc2)C(c2cccc(Oc3ccccc3)c2)/C1=C(/O)c1ccc(Br)cc1. The average Bonchev–Trinajstić information content (AvgIpc) is 3.15. The van der Waals surface area contributed by atoms with Gasteiger partial charge in [-0.25, -0.2) is 0 Å². The monoisotopic (exact) mass is 540 g/mol. The first-order chi connectivity index (χ1) is 17.5. The first-order valence-electron chi connectivity index (χ1n) is 11.3. The number of ketones is 1. The Bertz CT molecular complexity index is 1440. The highest BCUT2D eigenvalue weighted by Gasteiger charge is 2.46.